The van der Waals surface area contributed by atoms with Crippen LogP contribution in [0.15, 0.2) is 28.9 Å². The lowest BCUT2D eigenvalue weighted by Gasteiger charge is -2.08. The van der Waals surface area contributed by atoms with Gasteiger partial charge in [0.25, 0.3) is 5.91 Å². The van der Waals surface area contributed by atoms with Crippen molar-refractivity contribution >= 4 is 17.4 Å². The van der Waals surface area contributed by atoms with Crippen molar-refractivity contribution in [2.24, 2.45) is 0 Å². The van der Waals surface area contributed by atoms with E-state index in [1.807, 2.05) is 0 Å². The minimum absolute atomic E-state index is 0.0580. The van der Waals surface area contributed by atoms with Crippen LogP contribution < -0.4 is 15.8 Å². The first-order valence-electron chi connectivity index (χ1n) is 4.74. The van der Waals surface area contributed by atoms with Crippen molar-refractivity contribution in [3.63, 3.8) is 0 Å². The normalized spacial score (nSPS) is 9.94. The van der Waals surface area contributed by atoms with Crippen LogP contribution in [0.3, 0.4) is 0 Å². The lowest BCUT2D eigenvalue weighted by molar-refractivity contribution is 0.101. The fourth-order valence-electron chi connectivity index (χ4n) is 1.28. The van der Waals surface area contributed by atoms with E-state index < -0.39 is 5.91 Å². The largest absolute Gasteiger partial charge is 0.495 e. The van der Waals surface area contributed by atoms with Crippen LogP contribution in [0.2, 0.25) is 0 Å². The van der Waals surface area contributed by atoms with Gasteiger partial charge in [0, 0.05) is 0 Å². The number of carbonyl (C=O) groups excluding carboxylic acids is 1. The highest BCUT2D eigenvalue weighted by molar-refractivity contribution is 6.06. The van der Waals surface area contributed by atoms with E-state index in [0.29, 0.717) is 11.4 Å². The van der Waals surface area contributed by atoms with Crippen molar-refractivity contribution in [2.75, 3.05) is 18.2 Å². The Morgan fingerprint density at radius 2 is 2.18 bits per heavy atom. The summed E-state index contributed by atoms with van der Waals surface area (Å²) < 4.78 is 9.43. The van der Waals surface area contributed by atoms with E-state index in [-0.39, 0.29) is 11.5 Å². The molecular formula is C10H10N4O3. The van der Waals surface area contributed by atoms with Gasteiger partial charge in [-0.2, -0.15) is 0 Å². The summed E-state index contributed by atoms with van der Waals surface area (Å²) in [5, 5.41) is 9.32. The molecule has 1 aromatic carbocycles. The number of benzene rings is 1. The predicted molar refractivity (Wildman–Crippen MR) is 59.7 cm³/mol. The highest BCUT2D eigenvalue weighted by Gasteiger charge is 2.17. The molecule has 0 atom stereocenters. The van der Waals surface area contributed by atoms with Crippen molar-refractivity contribution in [3.05, 3.63) is 30.0 Å². The highest BCUT2D eigenvalue weighted by Crippen LogP contribution is 2.23. The third-order valence-corrected chi connectivity index (χ3v) is 2.08. The summed E-state index contributed by atoms with van der Waals surface area (Å²) in [7, 11) is 1.51. The second-order valence-corrected chi connectivity index (χ2v) is 3.15. The maximum absolute atomic E-state index is 11.8. The molecule has 2 rings (SSSR count). The van der Waals surface area contributed by atoms with Crippen LogP contribution in [0, 0.1) is 0 Å². The summed E-state index contributed by atoms with van der Waals surface area (Å²) >= 11 is 0. The summed E-state index contributed by atoms with van der Waals surface area (Å²) in [6.45, 7) is 0. The van der Waals surface area contributed by atoms with E-state index in [0.717, 1.165) is 0 Å². The lowest BCUT2D eigenvalue weighted by atomic mass is 10.3. The van der Waals surface area contributed by atoms with E-state index in [1.165, 1.54) is 7.11 Å². The van der Waals surface area contributed by atoms with E-state index in [1.54, 1.807) is 24.3 Å². The van der Waals surface area contributed by atoms with Gasteiger partial charge in [-0.25, -0.2) is 4.63 Å². The van der Waals surface area contributed by atoms with Crippen molar-refractivity contribution in [2.45, 2.75) is 0 Å². The molecule has 0 saturated heterocycles. The van der Waals surface area contributed by atoms with Gasteiger partial charge in [0.1, 0.15) is 5.75 Å². The Morgan fingerprint density at radius 1 is 1.41 bits per heavy atom. The minimum atomic E-state index is -0.506. The van der Waals surface area contributed by atoms with Gasteiger partial charge in [0.15, 0.2) is 0 Å². The Bertz CT molecular complexity index is 538. The molecule has 0 aliphatic rings. The van der Waals surface area contributed by atoms with Gasteiger partial charge in [-0.3, -0.25) is 4.79 Å². The second kappa shape index (κ2) is 4.52. The SMILES string of the molecule is COc1ccccc1NC(=O)c1nonc1N. The molecule has 0 fully saturated rings. The lowest BCUT2D eigenvalue weighted by Crippen LogP contribution is -2.14. The second-order valence-electron chi connectivity index (χ2n) is 3.15. The van der Waals surface area contributed by atoms with Crippen LogP contribution in [0.4, 0.5) is 11.5 Å². The maximum Gasteiger partial charge on any atom is 0.281 e. The molecule has 0 spiro atoms. The van der Waals surface area contributed by atoms with Crippen molar-refractivity contribution in [1.82, 2.24) is 10.3 Å². The summed E-state index contributed by atoms with van der Waals surface area (Å²) in [6.07, 6.45) is 0. The first-order chi connectivity index (χ1) is 8.22. The molecule has 0 bridgehead atoms. The Balaban J connectivity index is 2.22. The molecule has 7 heteroatoms. The number of hydrogen-bond donors (Lipinski definition) is 2. The number of aromatic nitrogens is 2. The quantitative estimate of drug-likeness (QED) is 0.818. The number of methoxy groups -OCH3 is 1. The number of para-hydroxylation sites is 2. The third kappa shape index (κ3) is 2.17. The molecule has 0 radical (unpaired) electrons. The Labute approximate surface area is 96.5 Å². The van der Waals surface area contributed by atoms with Gasteiger partial charge < -0.3 is 15.8 Å². The smallest absolute Gasteiger partial charge is 0.281 e. The van der Waals surface area contributed by atoms with Crippen LogP contribution in [0.25, 0.3) is 0 Å². The number of nitrogens with one attached hydrogen (secondary N) is 1. The van der Waals surface area contributed by atoms with Crippen LogP contribution in [-0.2, 0) is 0 Å². The molecule has 7 nitrogen and oxygen atoms in total. The molecule has 0 saturated carbocycles. The number of carbonyl (C=O) groups is 1. The third-order valence-electron chi connectivity index (χ3n) is 2.08. The molecular weight excluding hydrogens is 224 g/mol. The zero-order valence-electron chi connectivity index (χ0n) is 9.01. The number of nitrogen functional groups attached to an aromatic ring is 1. The molecule has 1 amide bonds. The highest BCUT2D eigenvalue weighted by atomic mass is 16.6. The standard InChI is InChI=1S/C10H10N4O3/c1-16-7-5-3-2-4-6(7)12-10(15)8-9(11)14-17-13-8/h2-5H,1H3,(H2,11,14)(H,12,15). The summed E-state index contributed by atoms with van der Waals surface area (Å²) in [5.41, 5.74) is 5.86. The van der Waals surface area contributed by atoms with Gasteiger partial charge in [-0.15, -0.1) is 0 Å². The molecule has 0 unspecified atom stereocenters. The Morgan fingerprint density at radius 3 is 2.82 bits per heavy atom. The van der Waals surface area contributed by atoms with E-state index >= 15 is 0 Å². The maximum atomic E-state index is 11.8. The molecule has 1 heterocycles. The van der Waals surface area contributed by atoms with Crippen molar-refractivity contribution in [3.8, 4) is 5.75 Å². The van der Waals surface area contributed by atoms with E-state index in [4.69, 9.17) is 10.5 Å². The van der Waals surface area contributed by atoms with Crippen LogP contribution in [-0.4, -0.2) is 23.3 Å². The molecule has 0 aliphatic heterocycles. The minimum Gasteiger partial charge on any atom is -0.495 e. The number of hydrogen-bond acceptors (Lipinski definition) is 6. The summed E-state index contributed by atoms with van der Waals surface area (Å²) in [6, 6.07) is 6.98. The fourth-order valence-corrected chi connectivity index (χ4v) is 1.28. The van der Waals surface area contributed by atoms with E-state index in [2.05, 4.69) is 20.3 Å². The van der Waals surface area contributed by atoms with Crippen LogP contribution >= 0.6 is 0 Å². The molecule has 17 heavy (non-hydrogen) atoms. The Hall–Kier alpha value is -2.57. The molecule has 3 N–H and O–H groups in total. The average Bonchev–Trinajstić information content (AvgIpc) is 2.76. The molecule has 88 valence electrons. The number of ether oxygens (including phenoxy) is 1. The number of anilines is 2. The number of nitrogens with two attached hydrogens (primary N) is 1. The van der Waals surface area contributed by atoms with Gasteiger partial charge in [-0.1, -0.05) is 12.1 Å². The summed E-state index contributed by atoms with van der Waals surface area (Å²) in [5.74, 6) is -0.0264. The zero-order chi connectivity index (χ0) is 12.3. The van der Waals surface area contributed by atoms with Crippen LogP contribution in [0.1, 0.15) is 10.5 Å². The number of amides is 1. The first-order valence-corrected chi connectivity index (χ1v) is 4.74. The van der Waals surface area contributed by atoms with Gasteiger partial charge in [0.2, 0.25) is 11.5 Å². The number of rotatable bonds is 3. The van der Waals surface area contributed by atoms with Gasteiger partial charge in [0.05, 0.1) is 12.8 Å². The van der Waals surface area contributed by atoms with E-state index in [9.17, 15) is 4.79 Å². The summed E-state index contributed by atoms with van der Waals surface area (Å²) in [4.78, 5) is 11.8. The molecule has 0 aliphatic carbocycles. The monoisotopic (exact) mass is 234 g/mol. The van der Waals surface area contributed by atoms with Crippen LogP contribution in [0.5, 0.6) is 5.75 Å². The van der Waals surface area contributed by atoms with Gasteiger partial charge >= 0.3 is 0 Å². The fraction of sp³-hybridized carbons (Fsp3) is 0.100. The molecule has 1 aromatic heterocycles. The Kier molecular flexibility index (Phi) is 2.91. The predicted octanol–water partition coefficient (Wildman–Crippen LogP) is 0.913. The zero-order valence-corrected chi connectivity index (χ0v) is 9.01. The van der Waals surface area contributed by atoms with Crippen molar-refractivity contribution in [1.29, 1.82) is 0 Å². The number of nitrogens with zero attached hydrogens (tertiary/aromatic N) is 2. The van der Waals surface area contributed by atoms with Gasteiger partial charge in [-0.05, 0) is 22.4 Å². The molecule has 2 aromatic rings. The average molecular weight is 234 g/mol. The first kappa shape index (κ1) is 10.9. The van der Waals surface area contributed by atoms with Crippen molar-refractivity contribution < 1.29 is 14.2 Å². The topological polar surface area (TPSA) is 103 Å².